The van der Waals surface area contributed by atoms with Gasteiger partial charge in [-0.1, -0.05) is 42.1 Å². The van der Waals surface area contributed by atoms with Crippen LogP contribution in [0.5, 0.6) is 0 Å². The van der Waals surface area contributed by atoms with Crippen LogP contribution in [0.15, 0.2) is 53.7 Å². The molecule has 2 heterocycles. The first-order chi connectivity index (χ1) is 12.5. The zero-order valence-corrected chi connectivity index (χ0v) is 15.8. The van der Waals surface area contributed by atoms with Gasteiger partial charge in [-0.2, -0.15) is 0 Å². The molecule has 2 aromatic heterocycles. The van der Waals surface area contributed by atoms with E-state index in [1.165, 1.54) is 28.3 Å². The Morgan fingerprint density at radius 1 is 0.962 bits per heavy atom. The largest absolute Gasteiger partial charge is 0.293 e. The van der Waals surface area contributed by atoms with Gasteiger partial charge in [-0.15, -0.1) is 10.2 Å². The second-order valence-electron chi connectivity index (χ2n) is 6.53. The first-order valence-electron chi connectivity index (χ1n) is 8.51. The third-order valence-corrected chi connectivity index (χ3v) is 5.66. The van der Waals surface area contributed by atoms with Crippen molar-refractivity contribution in [1.29, 1.82) is 0 Å². The maximum Gasteiger partial charge on any atom is 0.196 e. The number of hydrogen-bond donors (Lipinski definition) is 0. The van der Waals surface area contributed by atoms with Gasteiger partial charge in [0, 0.05) is 10.9 Å². The van der Waals surface area contributed by atoms with Gasteiger partial charge in [0.15, 0.2) is 16.6 Å². The fourth-order valence-corrected chi connectivity index (χ4v) is 3.94. The molecule has 4 aromatic rings. The number of ketones is 1. The number of benzene rings is 2. The quantitative estimate of drug-likeness (QED) is 0.387. The third-order valence-electron chi connectivity index (χ3n) is 4.74. The maximum atomic E-state index is 12.6. The van der Waals surface area contributed by atoms with Crippen molar-refractivity contribution in [1.82, 2.24) is 14.6 Å². The van der Waals surface area contributed by atoms with E-state index in [0.29, 0.717) is 5.75 Å². The van der Waals surface area contributed by atoms with Crippen LogP contribution in [0, 0.1) is 20.8 Å². The molecule has 0 N–H and O–H groups in total. The second kappa shape index (κ2) is 6.57. The summed E-state index contributed by atoms with van der Waals surface area (Å²) in [6.07, 6.45) is 0. The average Bonchev–Trinajstić information content (AvgIpc) is 3.05. The summed E-state index contributed by atoms with van der Waals surface area (Å²) < 4.78 is 2.03. The third kappa shape index (κ3) is 2.88. The summed E-state index contributed by atoms with van der Waals surface area (Å²) in [6, 6.07) is 16.1. The summed E-state index contributed by atoms with van der Waals surface area (Å²) >= 11 is 1.43. The number of aromatic nitrogens is 3. The van der Waals surface area contributed by atoms with Crippen molar-refractivity contribution in [2.24, 2.45) is 0 Å². The molecule has 4 nitrogen and oxygen atoms in total. The van der Waals surface area contributed by atoms with Gasteiger partial charge in [-0.25, -0.2) is 0 Å². The summed E-state index contributed by atoms with van der Waals surface area (Å²) in [7, 11) is 0. The molecular formula is C21H19N3OS. The van der Waals surface area contributed by atoms with E-state index in [9.17, 15) is 4.79 Å². The first kappa shape index (κ1) is 16.8. The Hall–Kier alpha value is -2.66. The Bertz CT molecular complexity index is 1150. The molecule has 0 aliphatic carbocycles. The number of fused-ring (bicyclic) bond motifs is 3. The summed E-state index contributed by atoms with van der Waals surface area (Å²) in [6.45, 7) is 6.15. The number of aryl methyl sites for hydroxylation is 3. The Morgan fingerprint density at radius 2 is 1.77 bits per heavy atom. The standard InChI is InChI=1S/C21H19N3OS/c1-13-8-9-16(10-14(13)2)19(25)12-26-21-23-22-20-11-15(3)17-6-4-5-7-18(17)24(20)21/h4-11H,12H2,1-3H3. The predicted octanol–water partition coefficient (Wildman–Crippen LogP) is 4.78. The zero-order chi connectivity index (χ0) is 18.3. The summed E-state index contributed by atoms with van der Waals surface area (Å²) in [4.78, 5) is 12.6. The van der Waals surface area contributed by atoms with E-state index >= 15 is 0 Å². The van der Waals surface area contributed by atoms with Crippen molar-refractivity contribution in [2.45, 2.75) is 25.9 Å². The van der Waals surface area contributed by atoms with Gasteiger partial charge < -0.3 is 0 Å². The maximum absolute atomic E-state index is 12.6. The lowest BCUT2D eigenvalue weighted by Gasteiger charge is -2.07. The monoisotopic (exact) mass is 361 g/mol. The molecule has 0 saturated heterocycles. The van der Waals surface area contributed by atoms with Crippen molar-refractivity contribution in [2.75, 3.05) is 5.75 Å². The van der Waals surface area contributed by atoms with E-state index in [-0.39, 0.29) is 5.78 Å². The number of thioether (sulfide) groups is 1. The van der Waals surface area contributed by atoms with Crippen LogP contribution in [0.1, 0.15) is 27.0 Å². The molecule has 0 unspecified atom stereocenters. The fourth-order valence-electron chi connectivity index (χ4n) is 3.10. The highest BCUT2D eigenvalue weighted by Gasteiger charge is 2.14. The number of para-hydroxylation sites is 1. The Labute approximate surface area is 156 Å². The molecule has 0 aliphatic heterocycles. The lowest BCUT2D eigenvalue weighted by molar-refractivity contribution is 0.102. The van der Waals surface area contributed by atoms with E-state index in [1.807, 2.05) is 54.6 Å². The number of rotatable bonds is 4. The minimum Gasteiger partial charge on any atom is -0.293 e. The molecule has 0 aliphatic rings. The topological polar surface area (TPSA) is 47.3 Å². The number of carbonyl (C=O) groups is 1. The molecule has 0 amide bonds. The van der Waals surface area contributed by atoms with Crippen LogP contribution in [-0.4, -0.2) is 26.1 Å². The molecule has 0 atom stereocenters. The van der Waals surface area contributed by atoms with Crippen molar-refractivity contribution in [3.63, 3.8) is 0 Å². The SMILES string of the molecule is Cc1ccc(C(=O)CSc2nnc3cc(C)c4ccccc4n23)cc1C. The van der Waals surface area contributed by atoms with Crippen molar-refractivity contribution >= 4 is 34.1 Å². The molecule has 0 spiro atoms. The first-order valence-corrected chi connectivity index (χ1v) is 9.50. The molecule has 26 heavy (non-hydrogen) atoms. The van der Waals surface area contributed by atoms with Crippen molar-refractivity contribution in [3.05, 3.63) is 70.8 Å². The number of carbonyl (C=O) groups excluding carboxylic acids is 1. The van der Waals surface area contributed by atoms with E-state index in [0.717, 1.165) is 27.4 Å². The van der Waals surface area contributed by atoms with Crippen LogP contribution >= 0.6 is 11.8 Å². The van der Waals surface area contributed by atoms with Crippen molar-refractivity contribution < 1.29 is 4.79 Å². The predicted molar refractivity (Wildman–Crippen MR) is 106 cm³/mol. The van der Waals surface area contributed by atoms with Crippen molar-refractivity contribution in [3.8, 4) is 0 Å². The van der Waals surface area contributed by atoms with Crippen LogP contribution in [0.3, 0.4) is 0 Å². The zero-order valence-electron chi connectivity index (χ0n) is 15.0. The lowest BCUT2D eigenvalue weighted by Crippen LogP contribution is -2.04. The van der Waals surface area contributed by atoms with Gasteiger partial charge in [0.05, 0.1) is 11.3 Å². The van der Waals surface area contributed by atoms with Crippen LogP contribution in [0.2, 0.25) is 0 Å². The van der Waals surface area contributed by atoms with Crippen LogP contribution in [-0.2, 0) is 0 Å². The minimum atomic E-state index is 0.103. The molecule has 2 aromatic carbocycles. The number of pyridine rings is 1. The lowest BCUT2D eigenvalue weighted by atomic mass is 10.0. The van der Waals surface area contributed by atoms with Gasteiger partial charge in [0.1, 0.15) is 0 Å². The molecule has 130 valence electrons. The molecule has 0 saturated carbocycles. The van der Waals surface area contributed by atoms with E-state index in [1.54, 1.807) is 0 Å². The summed E-state index contributed by atoms with van der Waals surface area (Å²) in [5.41, 5.74) is 6.11. The van der Waals surface area contributed by atoms with E-state index in [4.69, 9.17) is 0 Å². The number of hydrogen-bond acceptors (Lipinski definition) is 4. The molecule has 4 rings (SSSR count). The fraction of sp³-hybridized carbons (Fsp3) is 0.190. The van der Waals surface area contributed by atoms with E-state index < -0.39 is 0 Å². The summed E-state index contributed by atoms with van der Waals surface area (Å²) in [5, 5.41) is 10.5. The number of nitrogens with zero attached hydrogens (tertiary/aromatic N) is 3. The highest BCUT2D eigenvalue weighted by molar-refractivity contribution is 7.99. The Balaban J connectivity index is 1.66. The van der Waals surface area contributed by atoms with E-state index in [2.05, 4.69) is 29.3 Å². The van der Waals surface area contributed by atoms with Gasteiger partial charge in [0.2, 0.25) is 0 Å². The smallest absolute Gasteiger partial charge is 0.196 e. The normalized spacial score (nSPS) is 11.3. The van der Waals surface area contributed by atoms with Crippen LogP contribution < -0.4 is 0 Å². The molecule has 5 heteroatoms. The highest BCUT2D eigenvalue weighted by Crippen LogP contribution is 2.26. The van der Waals surface area contributed by atoms with Crippen LogP contribution in [0.25, 0.3) is 16.6 Å². The second-order valence-corrected chi connectivity index (χ2v) is 7.47. The Kier molecular flexibility index (Phi) is 4.24. The minimum absolute atomic E-state index is 0.103. The van der Waals surface area contributed by atoms with Gasteiger partial charge >= 0.3 is 0 Å². The van der Waals surface area contributed by atoms with Crippen LogP contribution in [0.4, 0.5) is 0 Å². The summed E-state index contributed by atoms with van der Waals surface area (Å²) in [5.74, 6) is 0.442. The molecule has 0 bridgehead atoms. The van der Waals surface area contributed by atoms with Gasteiger partial charge in [-0.05, 0) is 55.7 Å². The van der Waals surface area contributed by atoms with Gasteiger partial charge in [-0.3, -0.25) is 9.20 Å². The molecule has 0 fully saturated rings. The molecule has 0 radical (unpaired) electrons. The number of Topliss-reactive ketones (excluding diaryl/α,β-unsaturated/α-hetero) is 1. The van der Waals surface area contributed by atoms with Gasteiger partial charge in [0.25, 0.3) is 0 Å². The highest BCUT2D eigenvalue weighted by atomic mass is 32.2. The molecular weight excluding hydrogens is 342 g/mol. The average molecular weight is 361 g/mol. The Morgan fingerprint density at radius 3 is 2.58 bits per heavy atom.